The standard InChI is InChI=1S/C20H19F7N2O2/c1-3-30-17-10-14(11-28-29-20(26,27)18(21,22)19(23,24)25)7-8-16(17)31-12-15-6-4-5-13(2)9-15/h4-11,29H,3,12H2,1-2H3/b28-11+. The molecule has 0 heterocycles. The number of hydrazone groups is 1. The molecule has 0 amide bonds. The van der Waals surface area contributed by atoms with Crippen molar-refractivity contribution in [3.05, 3.63) is 59.2 Å². The Morgan fingerprint density at radius 1 is 0.935 bits per heavy atom. The van der Waals surface area contributed by atoms with Crippen LogP contribution >= 0.6 is 0 Å². The van der Waals surface area contributed by atoms with Crippen molar-refractivity contribution in [2.24, 2.45) is 5.10 Å². The van der Waals surface area contributed by atoms with Gasteiger partial charge in [-0.15, -0.1) is 0 Å². The van der Waals surface area contributed by atoms with Crippen LogP contribution in [-0.2, 0) is 6.61 Å². The summed E-state index contributed by atoms with van der Waals surface area (Å²) in [6, 6.07) is 6.03. The summed E-state index contributed by atoms with van der Waals surface area (Å²) in [5, 5.41) is 2.83. The van der Waals surface area contributed by atoms with E-state index in [2.05, 4.69) is 5.10 Å². The maximum Gasteiger partial charge on any atom is 0.462 e. The topological polar surface area (TPSA) is 42.8 Å². The molecule has 0 aliphatic rings. The average molecular weight is 452 g/mol. The summed E-state index contributed by atoms with van der Waals surface area (Å²) in [5.74, 6) is -5.77. The monoisotopic (exact) mass is 452 g/mol. The van der Waals surface area contributed by atoms with Crippen LogP contribution in [0.15, 0.2) is 47.6 Å². The molecule has 2 aromatic rings. The van der Waals surface area contributed by atoms with Crippen LogP contribution in [0.2, 0.25) is 0 Å². The zero-order valence-corrected chi connectivity index (χ0v) is 16.4. The number of nitrogens with zero attached hydrogens (tertiary/aromatic N) is 1. The molecule has 2 aromatic carbocycles. The zero-order valence-electron chi connectivity index (χ0n) is 16.4. The summed E-state index contributed by atoms with van der Waals surface area (Å²) in [7, 11) is 0. The SMILES string of the molecule is CCOc1cc(/C=N/NC(F)(F)C(F)(F)C(F)(F)F)ccc1OCc1cccc(C)c1. The summed E-state index contributed by atoms with van der Waals surface area (Å²) < 4.78 is 99.6. The summed E-state index contributed by atoms with van der Waals surface area (Å²) in [6.45, 7) is 4.06. The van der Waals surface area contributed by atoms with E-state index in [1.54, 1.807) is 6.92 Å². The Labute approximate surface area is 173 Å². The van der Waals surface area contributed by atoms with Crippen LogP contribution in [0.25, 0.3) is 0 Å². The van der Waals surface area contributed by atoms with Crippen molar-refractivity contribution in [2.45, 2.75) is 38.6 Å². The first-order valence-corrected chi connectivity index (χ1v) is 8.95. The number of ether oxygens (including phenoxy) is 2. The van der Waals surface area contributed by atoms with Crippen molar-refractivity contribution in [1.29, 1.82) is 0 Å². The van der Waals surface area contributed by atoms with Gasteiger partial charge < -0.3 is 9.47 Å². The molecule has 0 spiro atoms. The molecule has 0 saturated heterocycles. The Morgan fingerprint density at radius 3 is 2.26 bits per heavy atom. The van der Waals surface area contributed by atoms with Gasteiger partial charge in [-0.1, -0.05) is 29.8 Å². The molecule has 170 valence electrons. The second kappa shape index (κ2) is 9.44. The molecule has 0 aliphatic heterocycles. The van der Waals surface area contributed by atoms with Gasteiger partial charge in [-0.3, -0.25) is 0 Å². The first-order valence-electron chi connectivity index (χ1n) is 8.95. The fraction of sp³-hybridized carbons (Fsp3) is 0.350. The van der Waals surface area contributed by atoms with Crippen molar-refractivity contribution in [2.75, 3.05) is 6.61 Å². The van der Waals surface area contributed by atoms with E-state index in [1.165, 1.54) is 18.2 Å². The van der Waals surface area contributed by atoms with E-state index in [0.717, 1.165) is 11.1 Å². The quantitative estimate of drug-likeness (QED) is 0.230. The lowest BCUT2D eigenvalue weighted by molar-refractivity contribution is -0.361. The number of benzene rings is 2. The number of alkyl halides is 7. The number of rotatable bonds is 9. The van der Waals surface area contributed by atoms with Crippen molar-refractivity contribution >= 4 is 6.21 Å². The van der Waals surface area contributed by atoms with Crippen LogP contribution < -0.4 is 14.9 Å². The minimum absolute atomic E-state index is 0.102. The highest BCUT2D eigenvalue weighted by molar-refractivity contribution is 5.80. The lowest BCUT2D eigenvalue weighted by Gasteiger charge is -2.27. The lowest BCUT2D eigenvalue weighted by Crippen LogP contribution is -2.58. The van der Waals surface area contributed by atoms with E-state index in [1.807, 2.05) is 31.2 Å². The Balaban J connectivity index is 2.13. The van der Waals surface area contributed by atoms with Gasteiger partial charge >= 0.3 is 18.1 Å². The fourth-order valence-electron chi connectivity index (χ4n) is 2.39. The summed E-state index contributed by atoms with van der Waals surface area (Å²) in [5.41, 5.74) is 2.60. The Morgan fingerprint density at radius 2 is 1.65 bits per heavy atom. The Kier molecular flexibility index (Phi) is 7.40. The molecule has 0 atom stereocenters. The predicted octanol–water partition coefficient (Wildman–Crippen LogP) is 5.69. The molecular weight excluding hydrogens is 433 g/mol. The van der Waals surface area contributed by atoms with E-state index in [4.69, 9.17) is 9.47 Å². The van der Waals surface area contributed by atoms with Gasteiger partial charge in [0, 0.05) is 0 Å². The minimum atomic E-state index is -6.45. The molecule has 0 unspecified atom stereocenters. The summed E-state index contributed by atoms with van der Waals surface area (Å²) in [6.07, 6.45) is -5.79. The molecule has 1 N–H and O–H groups in total. The van der Waals surface area contributed by atoms with Gasteiger partial charge in [-0.05, 0) is 43.2 Å². The van der Waals surface area contributed by atoms with Crippen LogP contribution in [-0.4, -0.2) is 31.0 Å². The predicted molar refractivity (Wildman–Crippen MR) is 99.8 cm³/mol. The molecule has 11 heteroatoms. The first-order chi connectivity index (χ1) is 14.4. The largest absolute Gasteiger partial charge is 0.490 e. The highest BCUT2D eigenvalue weighted by Crippen LogP contribution is 2.45. The summed E-state index contributed by atoms with van der Waals surface area (Å²) >= 11 is 0. The molecule has 4 nitrogen and oxygen atoms in total. The number of hydrogen-bond acceptors (Lipinski definition) is 4. The van der Waals surface area contributed by atoms with E-state index in [-0.39, 0.29) is 24.5 Å². The van der Waals surface area contributed by atoms with Crippen molar-refractivity contribution in [1.82, 2.24) is 5.43 Å². The molecule has 0 saturated carbocycles. The average Bonchev–Trinajstić information content (AvgIpc) is 2.66. The Hall–Kier alpha value is -2.98. The maximum absolute atomic E-state index is 13.2. The van der Waals surface area contributed by atoms with Gasteiger partial charge in [0.15, 0.2) is 11.5 Å². The zero-order chi connectivity index (χ0) is 23.3. The molecule has 0 aliphatic carbocycles. The van der Waals surface area contributed by atoms with Crippen LogP contribution in [0.3, 0.4) is 0 Å². The third-order valence-electron chi connectivity index (χ3n) is 3.91. The first kappa shape index (κ1) is 24.3. The smallest absolute Gasteiger partial charge is 0.462 e. The van der Waals surface area contributed by atoms with Gasteiger partial charge in [-0.2, -0.15) is 35.8 Å². The van der Waals surface area contributed by atoms with E-state index in [0.29, 0.717) is 17.4 Å². The molecule has 0 aromatic heterocycles. The second-order valence-electron chi connectivity index (χ2n) is 6.43. The van der Waals surface area contributed by atoms with Crippen LogP contribution in [0.5, 0.6) is 11.5 Å². The van der Waals surface area contributed by atoms with Crippen LogP contribution in [0.1, 0.15) is 23.6 Å². The number of nitrogens with one attached hydrogen (secondary N) is 1. The second-order valence-corrected chi connectivity index (χ2v) is 6.43. The van der Waals surface area contributed by atoms with Gasteiger partial charge in [-0.25, -0.2) is 5.43 Å². The van der Waals surface area contributed by atoms with Gasteiger partial charge in [0.1, 0.15) is 6.61 Å². The number of hydrogen-bond donors (Lipinski definition) is 1. The highest BCUT2D eigenvalue weighted by Gasteiger charge is 2.73. The Bertz CT molecular complexity index is 915. The molecule has 0 radical (unpaired) electrons. The molecule has 2 rings (SSSR count). The minimum Gasteiger partial charge on any atom is -0.490 e. The van der Waals surface area contributed by atoms with Gasteiger partial charge in [0.25, 0.3) is 0 Å². The lowest BCUT2D eigenvalue weighted by atomic mass is 10.1. The number of aryl methyl sites for hydroxylation is 1. The maximum atomic E-state index is 13.2. The normalized spacial score (nSPS) is 12.8. The molecule has 0 bridgehead atoms. The highest BCUT2D eigenvalue weighted by atomic mass is 19.4. The fourth-order valence-corrected chi connectivity index (χ4v) is 2.39. The van der Waals surface area contributed by atoms with Gasteiger partial charge in [0.05, 0.1) is 12.8 Å². The number of halogens is 7. The van der Waals surface area contributed by atoms with E-state index < -0.39 is 18.1 Å². The molecule has 31 heavy (non-hydrogen) atoms. The van der Waals surface area contributed by atoms with Crippen molar-refractivity contribution in [3.8, 4) is 11.5 Å². The summed E-state index contributed by atoms with van der Waals surface area (Å²) in [4.78, 5) is 0. The molecule has 0 fully saturated rings. The van der Waals surface area contributed by atoms with Crippen molar-refractivity contribution in [3.63, 3.8) is 0 Å². The van der Waals surface area contributed by atoms with Gasteiger partial charge in [0.2, 0.25) is 0 Å². The van der Waals surface area contributed by atoms with Crippen LogP contribution in [0, 0.1) is 6.92 Å². The van der Waals surface area contributed by atoms with Crippen LogP contribution in [0.4, 0.5) is 30.7 Å². The third kappa shape index (κ3) is 6.02. The van der Waals surface area contributed by atoms with E-state index >= 15 is 0 Å². The van der Waals surface area contributed by atoms with Crippen molar-refractivity contribution < 1.29 is 40.2 Å². The third-order valence-corrected chi connectivity index (χ3v) is 3.91. The van der Waals surface area contributed by atoms with E-state index in [9.17, 15) is 30.7 Å². The molecular formula is C20H19F7N2O2.